The fourth-order valence-corrected chi connectivity index (χ4v) is 20.1. The Morgan fingerprint density at radius 1 is 0.409 bits per heavy atom. The smallest absolute Gasteiger partial charge is 0.283 e. The van der Waals surface area contributed by atoms with E-state index in [0.29, 0.717) is 81.5 Å². The summed E-state index contributed by atoms with van der Waals surface area (Å²) >= 11 is 6.29. The number of aromatic nitrogens is 9. The molecule has 5 heterocycles. The summed E-state index contributed by atoms with van der Waals surface area (Å²) in [5, 5.41) is 25.8. The number of carbonyl (C=O) groups is 4. The van der Waals surface area contributed by atoms with Gasteiger partial charge in [0.1, 0.15) is 11.6 Å². The minimum atomic E-state index is -4.20. The van der Waals surface area contributed by atoms with Crippen LogP contribution in [0.5, 0.6) is 0 Å². The van der Waals surface area contributed by atoms with Gasteiger partial charge in [-0.2, -0.15) is 54.1 Å². The van der Waals surface area contributed by atoms with Gasteiger partial charge in [-0.05, 0) is 279 Å². The van der Waals surface area contributed by atoms with E-state index in [9.17, 15) is 61.6 Å². The molecule has 694 valence electrons. The molecule has 36 heteroatoms. The van der Waals surface area contributed by atoms with Gasteiger partial charge in [-0.25, -0.2) is 27.7 Å². The average Bonchev–Trinajstić information content (AvgIpc) is 1.32. The Balaban J connectivity index is 0.000000210. The second kappa shape index (κ2) is 44.2. The third-order valence-electron chi connectivity index (χ3n) is 21.6. The van der Waals surface area contributed by atoms with Gasteiger partial charge in [0.15, 0.2) is 20.1 Å². The molecule has 11 rings (SSSR count). The minimum absolute atomic E-state index is 0.0146. The molecule has 29 nitrogen and oxygen atoms in total. The Kier molecular flexibility index (Phi) is 35.8. The van der Waals surface area contributed by atoms with E-state index in [2.05, 4.69) is 66.3 Å². The summed E-state index contributed by atoms with van der Waals surface area (Å²) in [6.45, 7) is 36.8. The van der Waals surface area contributed by atoms with Gasteiger partial charge in [-0.1, -0.05) is 93.0 Å². The van der Waals surface area contributed by atoms with Crippen LogP contribution in [0.3, 0.4) is 0 Å². The SMILES string of the molecule is CC(C)n1nc(S(=O)(=O)NC(=O)Cc2c3c(cc4c2CCC4)CCC3)cc1CN(C)C.CNCc1cc(S(=O)(=O)NC(=O)Cc2c(-c3cccnc3)cc(F)cc2C(C)C)nn1C(C)C.CNCc1cc(S(=O)(=O)NC(=O)Cc2c(C(C)C)cc(Cl)cc2C(C)C)nn1C(C)C.CNCc1cc(S(=O)(=O)NC(=O)Cc2c(C(C)C)cc(F)cc2C(C)C)nn1C(C)C. The van der Waals surface area contributed by atoms with Crippen LogP contribution < -0.4 is 34.8 Å². The van der Waals surface area contributed by atoms with Crippen molar-refractivity contribution in [1.82, 2.24) is 83.8 Å². The maximum absolute atomic E-state index is 14.4. The first-order valence-corrected chi connectivity index (χ1v) is 49.4. The average molecular weight is 1850 g/mol. The summed E-state index contributed by atoms with van der Waals surface area (Å²) in [5.74, 6) is -3.12. The predicted octanol–water partition coefficient (Wildman–Crippen LogP) is 13.9. The monoisotopic (exact) mass is 1850 g/mol. The van der Waals surface area contributed by atoms with E-state index in [1.807, 2.05) is 156 Å². The van der Waals surface area contributed by atoms with Crippen molar-refractivity contribution in [1.29, 1.82) is 0 Å². The molecule has 0 atom stereocenters. The number of nitrogens with zero attached hydrogens (tertiary/aromatic N) is 10. The fourth-order valence-electron chi connectivity index (χ4n) is 16.0. The molecule has 0 radical (unpaired) electrons. The Bertz CT molecular complexity index is 5640. The lowest BCUT2D eigenvalue weighted by molar-refractivity contribution is -0.119. The molecule has 127 heavy (non-hydrogen) atoms. The first kappa shape index (κ1) is 103. The van der Waals surface area contributed by atoms with Crippen LogP contribution >= 0.6 is 11.6 Å². The van der Waals surface area contributed by atoms with Gasteiger partial charge in [0.2, 0.25) is 23.6 Å². The summed E-state index contributed by atoms with van der Waals surface area (Å²) in [5.41, 5.74) is 16.3. The normalized spacial score (nSPS) is 12.9. The van der Waals surface area contributed by atoms with E-state index in [-0.39, 0.29) is 105 Å². The largest absolute Gasteiger partial charge is 0.314 e. The zero-order valence-electron chi connectivity index (χ0n) is 77.4. The molecule has 4 amide bonds. The van der Waals surface area contributed by atoms with E-state index >= 15 is 0 Å². The lowest BCUT2D eigenvalue weighted by Crippen LogP contribution is -2.33. The number of hydrogen-bond donors (Lipinski definition) is 7. The molecule has 4 aromatic carbocycles. The van der Waals surface area contributed by atoms with Gasteiger partial charge in [-0.3, -0.25) is 42.9 Å². The number of rotatable bonds is 34. The zero-order chi connectivity index (χ0) is 94.4. The van der Waals surface area contributed by atoms with Crippen molar-refractivity contribution < 1.29 is 61.6 Å². The number of fused-ring (bicyclic) bond motifs is 2. The Morgan fingerprint density at radius 3 is 1.02 bits per heavy atom. The van der Waals surface area contributed by atoms with E-state index in [0.717, 1.165) is 72.2 Å². The van der Waals surface area contributed by atoms with Gasteiger partial charge < -0.3 is 20.9 Å². The zero-order valence-corrected chi connectivity index (χ0v) is 81.4. The van der Waals surface area contributed by atoms with E-state index in [4.69, 9.17) is 11.6 Å². The molecular formula is C91H128ClF2N17O12S4. The Hall–Kier alpha value is -9.46. The molecule has 0 bridgehead atoms. The lowest BCUT2D eigenvalue weighted by Gasteiger charge is -2.20. The summed E-state index contributed by atoms with van der Waals surface area (Å²) in [6, 6.07) is 20.9. The van der Waals surface area contributed by atoms with Crippen molar-refractivity contribution in [3.63, 3.8) is 0 Å². The highest BCUT2D eigenvalue weighted by Gasteiger charge is 2.33. The molecule has 5 aromatic heterocycles. The lowest BCUT2D eigenvalue weighted by atomic mass is 9.87. The van der Waals surface area contributed by atoms with Gasteiger partial charge in [0.25, 0.3) is 40.1 Å². The summed E-state index contributed by atoms with van der Waals surface area (Å²) < 4.78 is 147. The second-order valence-electron chi connectivity index (χ2n) is 35.2. The first-order chi connectivity index (χ1) is 59.4. The molecule has 9 aromatic rings. The van der Waals surface area contributed by atoms with Crippen LogP contribution in [0.15, 0.2) is 111 Å². The third kappa shape index (κ3) is 26.6. The van der Waals surface area contributed by atoms with Gasteiger partial charge in [0, 0.05) is 97.6 Å². The number of amides is 4. The highest BCUT2D eigenvalue weighted by atomic mass is 35.5. The van der Waals surface area contributed by atoms with Crippen molar-refractivity contribution in [2.45, 2.75) is 289 Å². The van der Waals surface area contributed by atoms with E-state index in [1.54, 1.807) is 70.5 Å². The van der Waals surface area contributed by atoms with Crippen molar-refractivity contribution in [2.24, 2.45) is 0 Å². The molecular weight excluding hydrogens is 1720 g/mol. The van der Waals surface area contributed by atoms with Crippen LogP contribution in [-0.4, -0.2) is 142 Å². The highest BCUT2D eigenvalue weighted by molar-refractivity contribution is 7.90. The van der Waals surface area contributed by atoms with Gasteiger partial charge in [0.05, 0.1) is 48.5 Å². The van der Waals surface area contributed by atoms with Crippen molar-refractivity contribution >= 4 is 75.3 Å². The Labute approximate surface area is 754 Å². The van der Waals surface area contributed by atoms with Crippen molar-refractivity contribution in [3.05, 3.63) is 203 Å². The molecule has 2 aliphatic rings. The maximum atomic E-state index is 14.4. The summed E-state index contributed by atoms with van der Waals surface area (Å²) in [7, 11) is -7.33. The predicted molar refractivity (Wildman–Crippen MR) is 491 cm³/mol. The van der Waals surface area contributed by atoms with E-state index < -0.39 is 69.5 Å². The first-order valence-electron chi connectivity index (χ1n) is 43.1. The molecule has 2 aliphatic carbocycles. The molecule has 0 aliphatic heterocycles. The topological polar surface area (TPSA) is 376 Å². The molecule has 7 N–H and O–H groups in total. The standard InChI is InChI=1S/C24H30FN5O3S.C23H32N4O3S.C22H33ClN4O3S.C22H33FN4O3S/c1-15(2)20-9-18(25)10-21(17-7-6-8-27-13-17)22(20)12-23(31)29-34(32,33)24-11-19(14-26-5)30(28-24)16(3)4;1-15(2)27-18(14-26(3)4)12-23(24-27)31(29,30)25-22(28)13-21-19-9-5-7-16(19)11-17-8-6-10-20(17)21;2*1-13(2)18-8-16(23)9-19(14(3)4)20(18)11-21(28)26-31(29,30)22-10-17(12-24-7)27(25-22)15(5)6/h6-11,13,15-16,26H,12,14H2,1-5H3,(H,29,31);11-12,15H,5-10,13-14H2,1-4H3,(H,25,28);2*8-10,13-15,24H,11-12H2,1-7H3,(H,26,28). The highest BCUT2D eigenvalue weighted by Crippen LogP contribution is 2.38. The van der Waals surface area contributed by atoms with Crippen molar-refractivity contribution in [3.8, 4) is 11.1 Å². The number of nitrogens with one attached hydrogen (secondary N) is 7. The number of hydrogen-bond acceptors (Lipinski definition) is 21. The summed E-state index contributed by atoms with van der Waals surface area (Å²) in [6.07, 6.45) is 9.11. The van der Waals surface area contributed by atoms with E-state index in [1.165, 1.54) is 64.7 Å². The number of carbonyl (C=O) groups excluding carboxylic acids is 4. The molecule has 0 saturated carbocycles. The number of sulfonamides is 4. The fraction of sp³-hybridized carbons (Fsp3) is 0.505. The van der Waals surface area contributed by atoms with Crippen LogP contribution in [0.2, 0.25) is 5.02 Å². The molecule has 0 spiro atoms. The minimum Gasteiger partial charge on any atom is -0.314 e. The van der Waals surface area contributed by atoms with Crippen LogP contribution in [-0.2, 0) is 137 Å². The van der Waals surface area contributed by atoms with Gasteiger partial charge in [-0.15, -0.1) is 0 Å². The Morgan fingerprint density at radius 2 is 0.709 bits per heavy atom. The number of halogens is 3. The molecule has 0 saturated heterocycles. The van der Waals surface area contributed by atoms with Crippen molar-refractivity contribution in [2.75, 3.05) is 35.2 Å². The number of aryl methyl sites for hydroxylation is 2. The summed E-state index contributed by atoms with van der Waals surface area (Å²) in [4.78, 5) is 57.4. The number of pyridine rings is 1. The molecule has 0 fully saturated rings. The maximum Gasteiger partial charge on any atom is 0.283 e. The van der Waals surface area contributed by atoms with Crippen LogP contribution in [0.4, 0.5) is 8.78 Å². The van der Waals surface area contributed by atoms with Crippen LogP contribution in [0, 0.1) is 11.6 Å². The van der Waals surface area contributed by atoms with Crippen LogP contribution in [0.25, 0.3) is 11.1 Å². The van der Waals surface area contributed by atoms with Gasteiger partial charge >= 0.3 is 0 Å². The van der Waals surface area contributed by atoms with Crippen LogP contribution in [0.1, 0.15) is 286 Å². The molecule has 0 unspecified atom stereocenters. The number of benzene rings is 4. The third-order valence-corrected chi connectivity index (χ3v) is 26.8. The second-order valence-corrected chi connectivity index (χ2v) is 42.2. The quantitative estimate of drug-likeness (QED) is 0.0197.